The molecule has 1 heterocycles. The van der Waals surface area contributed by atoms with Crippen LogP contribution in [-0.2, 0) is 0 Å². The summed E-state index contributed by atoms with van der Waals surface area (Å²) in [6, 6.07) is 7.83. The third kappa shape index (κ3) is 3.31. The third-order valence-electron chi connectivity index (χ3n) is 3.25. The van der Waals surface area contributed by atoms with E-state index in [1.165, 1.54) is 0 Å². The number of methoxy groups -OCH3 is 1. The molecule has 0 aliphatic carbocycles. The highest BCUT2D eigenvalue weighted by molar-refractivity contribution is 7.80. The molecular formula is C16H19N3OS. The Balaban J connectivity index is 2.44. The summed E-state index contributed by atoms with van der Waals surface area (Å²) in [6.45, 7) is 5.92. The number of thiocarbonyl (C=S) groups is 1. The van der Waals surface area contributed by atoms with Crippen LogP contribution in [0.5, 0.6) is 5.75 Å². The van der Waals surface area contributed by atoms with Crippen LogP contribution in [0.1, 0.15) is 22.4 Å². The Morgan fingerprint density at radius 3 is 2.48 bits per heavy atom. The summed E-state index contributed by atoms with van der Waals surface area (Å²) >= 11 is 5.14. The molecule has 0 amide bonds. The van der Waals surface area contributed by atoms with E-state index in [0.29, 0.717) is 10.8 Å². The number of nitrogens with two attached hydrogens (primary N) is 1. The van der Waals surface area contributed by atoms with Gasteiger partial charge in [0, 0.05) is 11.4 Å². The Bertz CT molecular complexity index is 698. The number of benzene rings is 1. The van der Waals surface area contributed by atoms with Crippen molar-refractivity contribution in [2.75, 3.05) is 12.4 Å². The molecule has 0 aliphatic heterocycles. The second-order valence-corrected chi connectivity index (χ2v) is 5.42. The first-order chi connectivity index (χ1) is 9.92. The van der Waals surface area contributed by atoms with Crippen LogP contribution in [0.25, 0.3) is 0 Å². The largest absolute Gasteiger partial charge is 0.496 e. The van der Waals surface area contributed by atoms with Gasteiger partial charge in [0.25, 0.3) is 0 Å². The number of pyridine rings is 1. The topological polar surface area (TPSA) is 60.2 Å². The summed E-state index contributed by atoms with van der Waals surface area (Å²) in [5.41, 5.74) is 10.5. The summed E-state index contributed by atoms with van der Waals surface area (Å²) in [6.07, 6.45) is 0. The molecule has 0 saturated heterocycles. The number of aryl methyl sites for hydroxylation is 3. The number of nitrogens with zero attached hydrogens (tertiary/aromatic N) is 1. The predicted octanol–water partition coefficient (Wildman–Crippen LogP) is 3.39. The van der Waals surface area contributed by atoms with E-state index < -0.39 is 0 Å². The van der Waals surface area contributed by atoms with Crippen LogP contribution in [0.2, 0.25) is 0 Å². The fraction of sp³-hybridized carbons (Fsp3) is 0.250. The number of anilines is 2. The first-order valence-electron chi connectivity index (χ1n) is 6.62. The Morgan fingerprint density at radius 2 is 1.90 bits per heavy atom. The number of hydrogen-bond donors (Lipinski definition) is 2. The molecule has 0 aliphatic rings. The number of nitrogens with one attached hydrogen (secondary N) is 1. The second-order valence-electron chi connectivity index (χ2n) is 4.98. The monoisotopic (exact) mass is 301 g/mol. The molecule has 0 atom stereocenters. The van der Waals surface area contributed by atoms with Crippen molar-refractivity contribution in [2.45, 2.75) is 20.8 Å². The summed E-state index contributed by atoms with van der Waals surface area (Å²) in [4.78, 5) is 4.85. The zero-order valence-corrected chi connectivity index (χ0v) is 13.5. The minimum Gasteiger partial charge on any atom is -0.496 e. The van der Waals surface area contributed by atoms with Crippen LogP contribution < -0.4 is 15.8 Å². The van der Waals surface area contributed by atoms with Gasteiger partial charge in [-0.05, 0) is 56.2 Å². The maximum atomic E-state index is 5.83. The quantitative estimate of drug-likeness (QED) is 0.848. The molecule has 21 heavy (non-hydrogen) atoms. The maximum absolute atomic E-state index is 5.83. The van der Waals surface area contributed by atoms with Gasteiger partial charge in [0.1, 0.15) is 16.6 Å². The normalized spacial score (nSPS) is 10.3. The van der Waals surface area contributed by atoms with E-state index in [1.54, 1.807) is 7.11 Å². The molecule has 0 bridgehead atoms. The summed E-state index contributed by atoms with van der Waals surface area (Å²) < 4.78 is 5.27. The highest BCUT2D eigenvalue weighted by Crippen LogP contribution is 2.26. The van der Waals surface area contributed by atoms with Gasteiger partial charge in [-0.25, -0.2) is 4.98 Å². The van der Waals surface area contributed by atoms with Crippen molar-refractivity contribution in [1.29, 1.82) is 0 Å². The molecule has 0 unspecified atom stereocenters. The van der Waals surface area contributed by atoms with Crippen molar-refractivity contribution in [1.82, 2.24) is 4.98 Å². The molecule has 4 nitrogen and oxygen atoms in total. The number of hydrogen-bond acceptors (Lipinski definition) is 4. The molecule has 0 saturated carbocycles. The van der Waals surface area contributed by atoms with Gasteiger partial charge in [0.2, 0.25) is 0 Å². The summed E-state index contributed by atoms with van der Waals surface area (Å²) in [5.74, 6) is 1.54. The van der Waals surface area contributed by atoms with Crippen LogP contribution in [0.15, 0.2) is 24.3 Å². The van der Waals surface area contributed by atoms with Gasteiger partial charge in [-0.15, -0.1) is 0 Å². The molecule has 3 N–H and O–H groups in total. The molecule has 2 rings (SSSR count). The molecule has 0 radical (unpaired) electrons. The Morgan fingerprint density at radius 1 is 1.19 bits per heavy atom. The first kappa shape index (κ1) is 15.3. The lowest BCUT2D eigenvalue weighted by Crippen LogP contribution is -2.15. The van der Waals surface area contributed by atoms with Crippen molar-refractivity contribution in [2.24, 2.45) is 5.73 Å². The fourth-order valence-corrected chi connectivity index (χ4v) is 2.59. The van der Waals surface area contributed by atoms with Gasteiger partial charge in [-0.1, -0.05) is 12.2 Å². The van der Waals surface area contributed by atoms with E-state index in [1.807, 2.05) is 45.0 Å². The Labute approximate surface area is 130 Å². The average molecular weight is 301 g/mol. The van der Waals surface area contributed by atoms with Gasteiger partial charge in [-0.2, -0.15) is 0 Å². The summed E-state index contributed by atoms with van der Waals surface area (Å²) in [5, 5.41) is 3.29. The Kier molecular flexibility index (Phi) is 4.43. The molecule has 1 aromatic carbocycles. The lowest BCUT2D eigenvalue weighted by Gasteiger charge is -2.15. The van der Waals surface area contributed by atoms with Crippen LogP contribution in [-0.4, -0.2) is 17.1 Å². The molecule has 1 aromatic heterocycles. The maximum Gasteiger partial charge on any atom is 0.141 e. The van der Waals surface area contributed by atoms with E-state index in [0.717, 1.165) is 33.8 Å². The van der Waals surface area contributed by atoms with Crippen molar-refractivity contribution in [3.8, 4) is 5.75 Å². The molecule has 110 valence electrons. The van der Waals surface area contributed by atoms with E-state index in [4.69, 9.17) is 22.7 Å². The van der Waals surface area contributed by atoms with Gasteiger partial charge < -0.3 is 15.8 Å². The van der Waals surface area contributed by atoms with Crippen LogP contribution in [0, 0.1) is 20.8 Å². The molecule has 0 fully saturated rings. The van der Waals surface area contributed by atoms with E-state index in [-0.39, 0.29) is 0 Å². The lowest BCUT2D eigenvalue weighted by atomic mass is 10.1. The fourth-order valence-electron chi connectivity index (χ4n) is 2.33. The molecule has 2 aromatic rings. The SMILES string of the molecule is COc1ccc(Nc2nc(C)cc(C)c2C(N)=S)cc1C. The van der Waals surface area contributed by atoms with Gasteiger partial charge in [0.05, 0.1) is 12.7 Å². The van der Waals surface area contributed by atoms with Crippen molar-refractivity contribution < 1.29 is 4.74 Å². The number of aromatic nitrogens is 1. The highest BCUT2D eigenvalue weighted by atomic mass is 32.1. The average Bonchev–Trinajstić information content (AvgIpc) is 2.37. The molecular weight excluding hydrogens is 282 g/mol. The molecule has 0 spiro atoms. The van der Waals surface area contributed by atoms with Crippen molar-refractivity contribution >= 4 is 28.7 Å². The smallest absolute Gasteiger partial charge is 0.141 e. The van der Waals surface area contributed by atoms with Crippen LogP contribution >= 0.6 is 12.2 Å². The Hall–Kier alpha value is -2.14. The highest BCUT2D eigenvalue weighted by Gasteiger charge is 2.12. The first-order valence-corrected chi connectivity index (χ1v) is 7.03. The molecule has 5 heteroatoms. The zero-order chi connectivity index (χ0) is 15.6. The van der Waals surface area contributed by atoms with Crippen molar-refractivity contribution in [3.05, 3.63) is 46.6 Å². The lowest BCUT2D eigenvalue weighted by molar-refractivity contribution is 0.412. The van der Waals surface area contributed by atoms with Crippen LogP contribution in [0.4, 0.5) is 11.5 Å². The van der Waals surface area contributed by atoms with Gasteiger partial charge in [0.15, 0.2) is 0 Å². The third-order valence-corrected chi connectivity index (χ3v) is 3.45. The second kappa shape index (κ2) is 6.10. The number of ether oxygens (including phenoxy) is 1. The summed E-state index contributed by atoms with van der Waals surface area (Å²) in [7, 11) is 1.66. The van der Waals surface area contributed by atoms with E-state index in [2.05, 4.69) is 10.3 Å². The van der Waals surface area contributed by atoms with E-state index in [9.17, 15) is 0 Å². The zero-order valence-electron chi connectivity index (χ0n) is 12.7. The number of rotatable bonds is 4. The predicted molar refractivity (Wildman–Crippen MR) is 90.6 cm³/mol. The standard InChI is InChI=1S/C16H19N3OS/c1-9-8-12(5-6-13(9)20-4)19-16-14(15(17)21)10(2)7-11(3)18-16/h5-8H,1-4H3,(H2,17,21)(H,18,19). The van der Waals surface area contributed by atoms with Gasteiger partial charge in [-0.3, -0.25) is 0 Å². The van der Waals surface area contributed by atoms with Gasteiger partial charge >= 0.3 is 0 Å². The van der Waals surface area contributed by atoms with Crippen molar-refractivity contribution in [3.63, 3.8) is 0 Å². The van der Waals surface area contributed by atoms with E-state index >= 15 is 0 Å². The van der Waals surface area contributed by atoms with Crippen LogP contribution in [0.3, 0.4) is 0 Å². The minimum absolute atomic E-state index is 0.340. The minimum atomic E-state index is 0.340.